The summed E-state index contributed by atoms with van der Waals surface area (Å²) < 4.78 is 0. The normalized spacial score (nSPS) is 11.1. The number of hydrogen-bond acceptors (Lipinski definition) is 1. The van der Waals surface area contributed by atoms with Gasteiger partial charge >= 0.3 is 0 Å². The van der Waals surface area contributed by atoms with Gasteiger partial charge in [0.1, 0.15) is 0 Å². The molecule has 0 radical (unpaired) electrons. The molecule has 0 amide bonds. The molecule has 0 aliphatic heterocycles. The summed E-state index contributed by atoms with van der Waals surface area (Å²) in [4.78, 5) is 0. The van der Waals surface area contributed by atoms with Crippen molar-refractivity contribution in [2.24, 2.45) is 0 Å². The molecule has 146 valence electrons. The van der Waals surface area contributed by atoms with Gasteiger partial charge in [0, 0.05) is 17.8 Å². The fourth-order valence-corrected chi connectivity index (χ4v) is 3.53. The van der Waals surface area contributed by atoms with Gasteiger partial charge in [0.25, 0.3) is 0 Å². The van der Waals surface area contributed by atoms with Crippen LogP contribution in [0.2, 0.25) is 0 Å². The van der Waals surface area contributed by atoms with E-state index in [0.29, 0.717) is 0 Å². The van der Waals surface area contributed by atoms with Gasteiger partial charge in [0.15, 0.2) is 0 Å². The Bertz CT molecular complexity index is 1130. The van der Waals surface area contributed by atoms with E-state index in [9.17, 15) is 0 Å². The zero-order chi connectivity index (χ0) is 20.6. The first-order valence-corrected chi connectivity index (χ1v) is 10.2. The van der Waals surface area contributed by atoms with Gasteiger partial charge in [-0.15, -0.1) is 0 Å². The Kier molecular flexibility index (Phi) is 6.22. The van der Waals surface area contributed by atoms with Gasteiger partial charge in [0.2, 0.25) is 0 Å². The summed E-state index contributed by atoms with van der Waals surface area (Å²) in [5.74, 6) is 0. The summed E-state index contributed by atoms with van der Waals surface area (Å²) in [5.41, 5.74) is 7.97. The molecule has 4 aromatic carbocycles. The van der Waals surface area contributed by atoms with Gasteiger partial charge in [0.05, 0.1) is 0 Å². The van der Waals surface area contributed by atoms with E-state index in [4.69, 9.17) is 0 Å². The van der Waals surface area contributed by atoms with Crippen molar-refractivity contribution in [3.05, 3.63) is 150 Å². The number of hydrogen-bond donors (Lipinski definition) is 1. The van der Waals surface area contributed by atoms with Crippen LogP contribution in [0.5, 0.6) is 0 Å². The lowest BCUT2D eigenvalue weighted by molar-refractivity contribution is 0.891. The third-order valence-corrected chi connectivity index (χ3v) is 5.09. The van der Waals surface area contributed by atoms with E-state index < -0.39 is 0 Å². The fraction of sp³-hybridized carbons (Fsp3) is 0.0345. The van der Waals surface area contributed by atoms with Gasteiger partial charge in [-0.3, -0.25) is 0 Å². The van der Waals surface area contributed by atoms with Gasteiger partial charge in [-0.1, -0.05) is 122 Å². The van der Waals surface area contributed by atoms with E-state index in [-0.39, 0.29) is 0 Å². The van der Waals surface area contributed by atoms with Crippen LogP contribution in [0.4, 0.5) is 0 Å². The van der Waals surface area contributed by atoms with Crippen molar-refractivity contribution in [3.63, 3.8) is 0 Å². The van der Waals surface area contributed by atoms with Gasteiger partial charge in [-0.25, -0.2) is 0 Å². The number of rotatable bonds is 7. The molecule has 0 atom stereocenters. The molecule has 0 aliphatic rings. The monoisotopic (exact) mass is 387 g/mol. The molecule has 1 nitrogen and oxygen atoms in total. The smallest absolute Gasteiger partial charge is 0.0400 e. The average Bonchev–Trinajstić information content (AvgIpc) is 2.83. The molecule has 0 spiro atoms. The van der Waals surface area contributed by atoms with Crippen molar-refractivity contribution < 1.29 is 0 Å². The van der Waals surface area contributed by atoms with Gasteiger partial charge < -0.3 is 5.32 Å². The van der Waals surface area contributed by atoms with Gasteiger partial charge in [-0.05, 0) is 33.9 Å². The second-order valence-electron chi connectivity index (χ2n) is 7.20. The molecule has 0 saturated carbocycles. The summed E-state index contributed by atoms with van der Waals surface area (Å²) in [7, 11) is 0. The zero-order valence-corrected chi connectivity index (χ0v) is 17.0. The van der Waals surface area contributed by atoms with Crippen LogP contribution < -0.4 is 5.32 Å². The van der Waals surface area contributed by atoms with Crippen molar-refractivity contribution in [2.75, 3.05) is 0 Å². The van der Waals surface area contributed by atoms with Gasteiger partial charge in [-0.2, -0.15) is 0 Å². The minimum atomic E-state index is 0.747. The number of nitrogens with one attached hydrogen (secondary N) is 1. The average molecular weight is 388 g/mol. The molecule has 0 fully saturated rings. The largest absolute Gasteiger partial charge is 0.381 e. The SMILES string of the molecule is C=C(NCc1ccccc1)c1ccccc1/C(=C/c1ccccc1)c1ccccc1. The maximum absolute atomic E-state index is 4.35. The standard InChI is InChI=1S/C29H25N/c1-23(30-22-25-15-7-3-8-16-25)27-19-11-12-20-28(27)29(26-17-9-4-10-18-26)21-24-13-5-2-6-14-24/h2-21,30H,1,22H2/b29-21+. The molecule has 1 heteroatoms. The number of benzene rings is 4. The molecule has 1 N–H and O–H groups in total. The van der Waals surface area contributed by atoms with E-state index in [0.717, 1.165) is 23.4 Å². The first kappa shape index (κ1) is 19.5. The minimum Gasteiger partial charge on any atom is -0.381 e. The van der Waals surface area contributed by atoms with Crippen LogP contribution in [-0.4, -0.2) is 0 Å². The summed E-state index contributed by atoms with van der Waals surface area (Å²) in [6.45, 7) is 5.09. The molecule has 30 heavy (non-hydrogen) atoms. The lowest BCUT2D eigenvalue weighted by Crippen LogP contribution is -2.12. The molecule has 0 bridgehead atoms. The second-order valence-corrected chi connectivity index (χ2v) is 7.20. The molecule has 4 aromatic rings. The molecular weight excluding hydrogens is 362 g/mol. The van der Waals surface area contributed by atoms with Crippen molar-refractivity contribution in [3.8, 4) is 0 Å². The van der Waals surface area contributed by atoms with E-state index in [2.05, 4.69) is 121 Å². The summed E-state index contributed by atoms with van der Waals surface area (Å²) in [6, 6.07) is 39.8. The Morgan fingerprint density at radius 2 is 1.17 bits per heavy atom. The Hall–Kier alpha value is -3.84. The topological polar surface area (TPSA) is 12.0 Å². The third-order valence-electron chi connectivity index (χ3n) is 5.09. The highest BCUT2D eigenvalue weighted by Crippen LogP contribution is 2.31. The Labute approximate surface area is 179 Å². The fourth-order valence-electron chi connectivity index (χ4n) is 3.53. The summed E-state index contributed by atoms with van der Waals surface area (Å²) in [6.07, 6.45) is 2.25. The maximum atomic E-state index is 4.35. The first-order valence-electron chi connectivity index (χ1n) is 10.2. The highest BCUT2D eigenvalue weighted by Gasteiger charge is 2.12. The van der Waals surface area contributed by atoms with Crippen molar-refractivity contribution in [1.29, 1.82) is 0 Å². The van der Waals surface area contributed by atoms with E-state index in [1.165, 1.54) is 22.3 Å². The zero-order valence-electron chi connectivity index (χ0n) is 17.0. The third kappa shape index (κ3) is 4.76. The predicted octanol–water partition coefficient (Wildman–Crippen LogP) is 7.04. The molecule has 0 unspecified atom stereocenters. The lowest BCUT2D eigenvalue weighted by Gasteiger charge is -2.17. The van der Waals surface area contributed by atoms with Crippen LogP contribution in [0.3, 0.4) is 0 Å². The first-order chi connectivity index (χ1) is 14.8. The highest BCUT2D eigenvalue weighted by atomic mass is 14.9. The molecule has 0 aliphatic carbocycles. The second kappa shape index (κ2) is 9.58. The Morgan fingerprint density at radius 1 is 0.633 bits per heavy atom. The molecule has 0 aromatic heterocycles. The van der Waals surface area contributed by atoms with Crippen molar-refractivity contribution in [2.45, 2.75) is 6.54 Å². The van der Waals surface area contributed by atoms with Crippen molar-refractivity contribution in [1.82, 2.24) is 5.32 Å². The molecular formula is C29H25N. The Morgan fingerprint density at radius 3 is 1.83 bits per heavy atom. The molecule has 4 rings (SSSR count). The van der Waals surface area contributed by atoms with Crippen LogP contribution in [0.1, 0.15) is 27.8 Å². The van der Waals surface area contributed by atoms with Crippen LogP contribution in [0, 0.1) is 0 Å². The molecule has 0 saturated heterocycles. The van der Waals surface area contributed by atoms with Crippen LogP contribution in [0.25, 0.3) is 17.3 Å². The summed E-state index contributed by atoms with van der Waals surface area (Å²) in [5, 5.41) is 3.50. The summed E-state index contributed by atoms with van der Waals surface area (Å²) >= 11 is 0. The predicted molar refractivity (Wildman–Crippen MR) is 129 cm³/mol. The van der Waals surface area contributed by atoms with Crippen LogP contribution >= 0.6 is 0 Å². The van der Waals surface area contributed by atoms with Crippen molar-refractivity contribution >= 4 is 17.3 Å². The van der Waals surface area contributed by atoms with E-state index >= 15 is 0 Å². The van der Waals surface area contributed by atoms with Crippen LogP contribution in [-0.2, 0) is 6.54 Å². The lowest BCUT2D eigenvalue weighted by atomic mass is 9.91. The van der Waals surface area contributed by atoms with E-state index in [1.807, 2.05) is 12.1 Å². The molecule has 0 heterocycles. The quantitative estimate of drug-likeness (QED) is 0.335. The minimum absolute atomic E-state index is 0.747. The Balaban J connectivity index is 1.71. The highest BCUT2D eigenvalue weighted by molar-refractivity contribution is 5.95. The van der Waals surface area contributed by atoms with E-state index in [1.54, 1.807) is 0 Å². The van der Waals surface area contributed by atoms with Crippen LogP contribution in [0.15, 0.2) is 122 Å². The maximum Gasteiger partial charge on any atom is 0.0400 e.